The van der Waals surface area contributed by atoms with Crippen LogP contribution in [0.4, 0.5) is 0 Å². The maximum Gasteiger partial charge on any atom is 0.234 e. The third-order valence-corrected chi connectivity index (χ3v) is 2.61. The summed E-state index contributed by atoms with van der Waals surface area (Å²) in [5.74, 6) is 0.977. The van der Waals surface area contributed by atoms with Crippen LogP contribution in [0.3, 0.4) is 0 Å². The third kappa shape index (κ3) is 5.18. The third-order valence-electron chi connectivity index (χ3n) is 2.61. The highest BCUT2D eigenvalue weighted by Gasteiger charge is 2.16. The molecular formula is C14H22N2O3. The Labute approximate surface area is 114 Å². The topological polar surface area (TPSA) is 73.6 Å². The summed E-state index contributed by atoms with van der Waals surface area (Å²) in [5.41, 5.74) is 5.34. The molecule has 0 heterocycles. The normalized spacial score (nSPS) is 12.2. The molecule has 0 aliphatic carbocycles. The Kier molecular flexibility index (Phi) is 6.15. The number of nitrogens with two attached hydrogens (primary N) is 1. The number of methoxy groups -OCH3 is 1. The Balaban J connectivity index is 2.49. The molecule has 1 rings (SSSR count). The van der Waals surface area contributed by atoms with Crippen molar-refractivity contribution in [2.75, 3.05) is 13.7 Å². The Morgan fingerprint density at radius 1 is 1.32 bits per heavy atom. The van der Waals surface area contributed by atoms with E-state index >= 15 is 0 Å². The monoisotopic (exact) mass is 266 g/mol. The molecule has 0 aliphatic rings. The SMILES string of the molecule is COc1ccccc1OCCC(NC(C)C)C(N)=O. The predicted octanol–water partition coefficient (Wildman–Crippen LogP) is 1.32. The molecule has 0 aliphatic heterocycles. The van der Waals surface area contributed by atoms with Crippen LogP contribution >= 0.6 is 0 Å². The van der Waals surface area contributed by atoms with Gasteiger partial charge in [-0.3, -0.25) is 4.79 Å². The van der Waals surface area contributed by atoms with Crippen molar-refractivity contribution in [1.82, 2.24) is 5.32 Å². The second kappa shape index (κ2) is 7.63. The Morgan fingerprint density at radius 2 is 1.95 bits per heavy atom. The Hall–Kier alpha value is -1.75. The van der Waals surface area contributed by atoms with Gasteiger partial charge in [0, 0.05) is 12.5 Å². The molecule has 1 atom stereocenters. The molecule has 1 aromatic rings. The van der Waals surface area contributed by atoms with Crippen molar-refractivity contribution in [3.05, 3.63) is 24.3 Å². The van der Waals surface area contributed by atoms with Gasteiger partial charge in [0.2, 0.25) is 5.91 Å². The summed E-state index contributed by atoms with van der Waals surface area (Å²) in [7, 11) is 1.59. The molecule has 0 spiro atoms. The van der Waals surface area contributed by atoms with Crippen LogP contribution in [0.5, 0.6) is 11.5 Å². The molecule has 0 radical (unpaired) electrons. The van der Waals surface area contributed by atoms with Gasteiger partial charge in [-0.1, -0.05) is 26.0 Å². The second-order valence-corrected chi connectivity index (χ2v) is 4.56. The highest BCUT2D eigenvalue weighted by Crippen LogP contribution is 2.25. The zero-order chi connectivity index (χ0) is 14.3. The van der Waals surface area contributed by atoms with Crippen LogP contribution in [0, 0.1) is 0 Å². The van der Waals surface area contributed by atoms with E-state index < -0.39 is 0 Å². The molecular weight excluding hydrogens is 244 g/mol. The van der Waals surface area contributed by atoms with E-state index in [0.29, 0.717) is 24.5 Å². The van der Waals surface area contributed by atoms with E-state index in [2.05, 4.69) is 5.32 Å². The molecule has 0 aromatic heterocycles. The average molecular weight is 266 g/mol. The van der Waals surface area contributed by atoms with Gasteiger partial charge in [0.1, 0.15) is 0 Å². The van der Waals surface area contributed by atoms with Crippen molar-refractivity contribution in [2.45, 2.75) is 32.4 Å². The average Bonchev–Trinajstić information content (AvgIpc) is 2.37. The number of nitrogens with one attached hydrogen (secondary N) is 1. The van der Waals surface area contributed by atoms with Crippen molar-refractivity contribution in [3.8, 4) is 11.5 Å². The Morgan fingerprint density at radius 3 is 2.47 bits per heavy atom. The van der Waals surface area contributed by atoms with Crippen molar-refractivity contribution in [2.24, 2.45) is 5.73 Å². The maximum atomic E-state index is 11.3. The first-order valence-electron chi connectivity index (χ1n) is 6.35. The maximum absolute atomic E-state index is 11.3. The van der Waals surface area contributed by atoms with Gasteiger partial charge in [-0.2, -0.15) is 0 Å². The van der Waals surface area contributed by atoms with Gasteiger partial charge in [-0.15, -0.1) is 0 Å². The number of rotatable bonds is 8. The van der Waals surface area contributed by atoms with E-state index in [-0.39, 0.29) is 18.0 Å². The molecule has 19 heavy (non-hydrogen) atoms. The molecule has 1 unspecified atom stereocenters. The van der Waals surface area contributed by atoms with E-state index in [1.54, 1.807) is 7.11 Å². The van der Waals surface area contributed by atoms with E-state index in [1.165, 1.54) is 0 Å². The van der Waals surface area contributed by atoms with Crippen molar-refractivity contribution < 1.29 is 14.3 Å². The smallest absolute Gasteiger partial charge is 0.234 e. The van der Waals surface area contributed by atoms with Gasteiger partial charge in [-0.25, -0.2) is 0 Å². The van der Waals surface area contributed by atoms with Crippen molar-refractivity contribution in [3.63, 3.8) is 0 Å². The van der Waals surface area contributed by atoms with Gasteiger partial charge in [0.05, 0.1) is 19.8 Å². The first-order valence-corrected chi connectivity index (χ1v) is 6.35. The lowest BCUT2D eigenvalue weighted by molar-refractivity contribution is -0.120. The van der Waals surface area contributed by atoms with Gasteiger partial charge >= 0.3 is 0 Å². The Bertz CT molecular complexity index is 407. The molecule has 3 N–H and O–H groups in total. The van der Waals surface area contributed by atoms with E-state index in [1.807, 2.05) is 38.1 Å². The van der Waals surface area contributed by atoms with Gasteiger partial charge in [-0.05, 0) is 12.1 Å². The standard InChI is InChI=1S/C14H22N2O3/c1-10(2)16-11(14(15)17)8-9-19-13-7-5-4-6-12(13)18-3/h4-7,10-11,16H,8-9H2,1-3H3,(H2,15,17). The van der Waals surface area contributed by atoms with E-state index in [0.717, 1.165) is 0 Å². The molecule has 5 nitrogen and oxygen atoms in total. The highest BCUT2D eigenvalue weighted by molar-refractivity contribution is 5.79. The lowest BCUT2D eigenvalue weighted by Crippen LogP contribution is -2.45. The van der Waals surface area contributed by atoms with Gasteiger partial charge in [0.25, 0.3) is 0 Å². The van der Waals surface area contributed by atoms with Crippen LogP contribution in [-0.4, -0.2) is 31.7 Å². The van der Waals surface area contributed by atoms with Crippen LogP contribution in [-0.2, 0) is 4.79 Å². The number of hydrogen-bond donors (Lipinski definition) is 2. The lowest BCUT2D eigenvalue weighted by atomic mass is 10.2. The zero-order valence-electron chi connectivity index (χ0n) is 11.7. The quantitative estimate of drug-likeness (QED) is 0.744. The summed E-state index contributed by atoms with van der Waals surface area (Å²) >= 11 is 0. The lowest BCUT2D eigenvalue weighted by Gasteiger charge is -2.18. The number of benzene rings is 1. The number of ether oxygens (including phenoxy) is 2. The van der Waals surface area contributed by atoms with Crippen molar-refractivity contribution in [1.29, 1.82) is 0 Å². The molecule has 0 fully saturated rings. The molecule has 0 saturated heterocycles. The zero-order valence-corrected chi connectivity index (χ0v) is 11.7. The van der Waals surface area contributed by atoms with E-state index in [9.17, 15) is 4.79 Å². The number of para-hydroxylation sites is 2. The minimum atomic E-state index is -0.380. The minimum absolute atomic E-state index is 0.198. The predicted molar refractivity (Wildman–Crippen MR) is 74.4 cm³/mol. The first kappa shape index (κ1) is 15.3. The molecule has 1 aromatic carbocycles. The number of hydrogen-bond acceptors (Lipinski definition) is 4. The number of amides is 1. The summed E-state index contributed by atoms with van der Waals surface area (Å²) in [5, 5.41) is 3.11. The fraction of sp³-hybridized carbons (Fsp3) is 0.500. The summed E-state index contributed by atoms with van der Waals surface area (Å²) in [6, 6.07) is 7.22. The van der Waals surface area contributed by atoms with Crippen LogP contribution in [0.1, 0.15) is 20.3 Å². The van der Waals surface area contributed by atoms with Crippen LogP contribution in [0.2, 0.25) is 0 Å². The summed E-state index contributed by atoms with van der Waals surface area (Å²) in [4.78, 5) is 11.3. The summed E-state index contributed by atoms with van der Waals surface area (Å²) in [6.45, 7) is 4.34. The molecule has 1 amide bonds. The number of carbonyl (C=O) groups is 1. The van der Waals surface area contributed by atoms with Crippen LogP contribution in [0.15, 0.2) is 24.3 Å². The van der Waals surface area contributed by atoms with Crippen LogP contribution < -0.4 is 20.5 Å². The van der Waals surface area contributed by atoms with E-state index in [4.69, 9.17) is 15.2 Å². The summed E-state index contributed by atoms with van der Waals surface area (Å²) < 4.78 is 10.8. The highest BCUT2D eigenvalue weighted by atomic mass is 16.5. The largest absolute Gasteiger partial charge is 0.493 e. The first-order chi connectivity index (χ1) is 9.04. The van der Waals surface area contributed by atoms with Gasteiger partial charge < -0.3 is 20.5 Å². The summed E-state index contributed by atoms with van der Waals surface area (Å²) in [6.07, 6.45) is 0.519. The second-order valence-electron chi connectivity index (χ2n) is 4.56. The van der Waals surface area contributed by atoms with Crippen LogP contribution in [0.25, 0.3) is 0 Å². The van der Waals surface area contributed by atoms with Crippen molar-refractivity contribution >= 4 is 5.91 Å². The number of carbonyl (C=O) groups excluding carboxylic acids is 1. The van der Waals surface area contributed by atoms with Gasteiger partial charge in [0.15, 0.2) is 11.5 Å². The fourth-order valence-corrected chi connectivity index (χ4v) is 1.73. The molecule has 0 bridgehead atoms. The fourth-order valence-electron chi connectivity index (χ4n) is 1.73. The number of primary amides is 1. The molecule has 5 heteroatoms. The minimum Gasteiger partial charge on any atom is -0.493 e. The molecule has 0 saturated carbocycles. The molecule has 106 valence electrons.